The number of amides is 1. The Morgan fingerprint density at radius 1 is 1.40 bits per heavy atom. The molecule has 1 amide bonds. The summed E-state index contributed by atoms with van der Waals surface area (Å²) < 4.78 is 23.6. The Labute approximate surface area is 122 Å². The van der Waals surface area contributed by atoms with Crippen molar-refractivity contribution in [3.8, 4) is 11.8 Å². The van der Waals surface area contributed by atoms with Gasteiger partial charge in [0.2, 0.25) is 0 Å². The van der Waals surface area contributed by atoms with Gasteiger partial charge in [0.15, 0.2) is 4.75 Å². The summed E-state index contributed by atoms with van der Waals surface area (Å²) in [6, 6.07) is 4.36. The number of aliphatic hydroxyl groups is 1. The number of rotatable bonds is 1. The fourth-order valence-electron chi connectivity index (χ4n) is 1.81. The first kappa shape index (κ1) is 14.9. The maximum Gasteiger partial charge on any atom is 0.263 e. The van der Waals surface area contributed by atoms with E-state index in [-0.39, 0.29) is 17.9 Å². The molecule has 1 saturated heterocycles. The fraction of sp³-hybridized carbons (Fsp3) is 0.308. The standard InChI is InChI=1S/C13H12ClNO4S/c1-13(2)12(17)15(20(13,18)19)11-6-5-10(14)8-9(11)4-3-7-16/h5-6,8,16H,7H2,1-2H3. The Balaban J connectivity index is 2.58. The van der Waals surface area contributed by atoms with Crippen molar-refractivity contribution in [2.24, 2.45) is 0 Å². The van der Waals surface area contributed by atoms with Crippen LogP contribution in [-0.4, -0.2) is 30.8 Å². The van der Waals surface area contributed by atoms with Gasteiger partial charge < -0.3 is 5.11 Å². The third-order valence-corrected chi connectivity index (χ3v) is 5.61. The van der Waals surface area contributed by atoms with E-state index in [4.69, 9.17) is 16.7 Å². The number of nitrogens with zero attached hydrogens (tertiary/aromatic N) is 1. The lowest BCUT2D eigenvalue weighted by Gasteiger charge is -2.43. The maximum atomic E-state index is 12.2. The van der Waals surface area contributed by atoms with Crippen molar-refractivity contribution in [1.29, 1.82) is 0 Å². The van der Waals surface area contributed by atoms with Crippen LogP contribution >= 0.6 is 11.6 Å². The van der Waals surface area contributed by atoms with Crippen LogP contribution in [0.2, 0.25) is 5.02 Å². The van der Waals surface area contributed by atoms with E-state index in [2.05, 4.69) is 11.8 Å². The smallest absolute Gasteiger partial charge is 0.263 e. The Kier molecular flexibility index (Phi) is 3.54. The number of sulfonamides is 1. The molecule has 5 nitrogen and oxygen atoms in total. The second kappa shape index (κ2) is 4.77. The van der Waals surface area contributed by atoms with Crippen molar-refractivity contribution in [3.05, 3.63) is 28.8 Å². The van der Waals surface area contributed by atoms with E-state index in [1.165, 1.54) is 32.0 Å². The van der Waals surface area contributed by atoms with E-state index in [1.54, 1.807) is 0 Å². The molecule has 1 aliphatic rings. The minimum atomic E-state index is -3.75. The lowest BCUT2D eigenvalue weighted by atomic mass is 10.1. The minimum absolute atomic E-state index is 0.152. The van der Waals surface area contributed by atoms with Crippen LogP contribution in [0.1, 0.15) is 19.4 Å². The number of hydrogen-bond acceptors (Lipinski definition) is 4. The Morgan fingerprint density at radius 2 is 2.05 bits per heavy atom. The first-order chi connectivity index (χ1) is 9.23. The van der Waals surface area contributed by atoms with Crippen LogP contribution in [-0.2, 0) is 14.8 Å². The van der Waals surface area contributed by atoms with E-state index in [1.807, 2.05) is 0 Å². The van der Waals surface area contributed by atoms with Crippen LogP contribution in [0.15, 0.2) is 18.2 Å². The predicted molar refractivity (Wildman–Crippen MR) is 75.9 cm³/mol. The van der Waals surface area contributed by atoms with Crippen LogP contribution in [0, 0.1) is 11.8 Å². The van der Waals surface area contributed by atoms with Crippen molar-refractivity contribution < 1.29 is 18.3 Å². The van der Waals surface area contributed by atoms with Crippen LogP contribution in [0.25, 0.3) is 0 Å². The van der Waals surface area contributed by atoms with Crippen molar-refractivity contribution in [2.75, 3.05) is 10.9 Å². The lowest BCUT2D eigenvalue weighted by molar-refractivity contribution is -0.120. The molecule has 1 aliphatic heterocycles. The number of hydrogen-bond donors (Lipinski definition) is 1. The van der Waals surface area contributed by atoms with Gasteiger partial charge in [-0.25, -0.2) is 12.7 Å². The molecule has 20 heavy (non-hydrogen) atoms. The van der Waals surface area contributed by atoms with E-state index in [9.17, 15) is 13.2 Å². The molecule has 1 fully saturated rings. The van der Waals surface area contributed by atoms with Crippen LogP contribution in [0.4, 0.5) is 5.69 Å². The summed E-state index contributed by atoms with van der Waals surface area (Å²) in [6.07, 6.45) is 0. The summed E-state index contributed by atoms with van der Waals surface area (Å²) in [5, 5.41) is 9.09. The lowest BCUT2D eigenvalue weighted by Crippen LogP contribution is -2.67. The molecule has 0 bridgehead atoms. The molecule has 106 valence electrons. The third kappa shape index (κ3) is 1.99. The Hall–Kier alpha value is -1.55. The van der Waals surface area contributed by atoms with Gasteiger partial charge in [-0.05, 0) is 32.0 Å². The normalized spacial score (nSPS) is 19.0. The summed E-state index contributed by atoms with van der Waals surface area (Å²) in [5.74, 6) is 4.49. The zero-order valence-electron chi connectivity index (χ0n) is 10.8. The average molecular weight is 314 g/mol. The highest BCUT2D eigenvalue weighted by Gasteiger charge is 2.61. The van der Waals surface area contributed by atoms with Gasteiger partial charge in [0, 0.05) is 5.02 Å². The molecule has 2 rings (SSSR count). The van der Waals surface area contributed by atoms with Gasteiger partial charge in [0.25, 0.3) is 15.9 Å². The maximum absolute atomic E-state index is 12.2. The van der Waals surface area contributed by atoms with E-state index in [0.29, 0.717) is 5.02 Å². The molecule has 0 unspecified atom stereocenters. The third-order valence-electron chi connectivity index (χ3n) is 3.06. The number of carbonyl (C=O) groups is 1. The van der Waals surface area contributed by atoms with Crippen molar-refractivity contribution in [3.63, 3.8) is 0 Å². The van der Waals surface area contributed by atoms with Gasteiger partial charge in [0.1, 0.15) is 6.61 Å². The quantitative estimate of drug-likeness (QED) is 0.789. The molecular formula is C13H12ClNO4S. The summed E-state index contributed by atoms with van der Waals surface area (Å²) >= 11 is 5.84. The van der Waals surface area contributed by atoms with Gasteiger partial charge in [-0.1, -0.05) is 23.4 Å². The number of carbonyl (C=O) groups excluding carboxylic acids is 1. The molecule has 0 saturated carbocycles. The first-order valence-corrected chi connectivity index (χ1v) is 7.54. The number of anilines is 1. The van der Waals surface area contributed by atoms with Gasteiger partial charge in [0.05, 0.1) is 11.3 Å². The minimum Gasteiger partial charge on any atom is -0.384 e. The molecule has 0 radical (unpaired) electrons. The van der Waals surface area contributed by atoms with Crippen molar-refractivity contribution in [1.82, 2.24) is 0 Å². The zero-order valence-corrected chi connectivity index (χ0v) is 12.4. The van der Waals surface area contributed by atoms with E-state index >= 15 is 0 Å². The summed E-state index contributed by atoms with van der Waals surface area (Å²) in [7, 11) is -3.75. The second-order valence-corrected chi connectivity index (χ2v) is 7.48. The highest BCUT2D eigenvalue weighted by molar-refractivity contribution is 7.98. The SMILES string of the molecule is CC1(C)C(=O)N(c2ccc(Cl)cc2C#CCO)S1(=O)=O. The summed E-state index contributed by atoms with van der Waals surface area (Å²) in [6.45, 7) is 2.34. The summed E-state index contributed by atoms with van der Waals surface area (Å²) in [4.78, 5) is 12.0. The monoisotopic (exact) mass is 313 g/mol. The average Bonchev–Trinajstić information content (AvgIpc) is 2.38. The molecule has 1 aromatic carbocycles. The zero-order chi connectivity index (χ0) is 15.1. The van der Waals surface area contributed by atoms with E-state index in [0.717, 1.165) is 4.31 Å². The number of halogens is 1. The Bertz CT molecular complexity index is 743. The largest absolute Gasteiger partial charge is 0.384 e. The molecule has 0 aromatic heterocycles. The topological polar surface area (TPSA) is 74.7 Å². The van der Waals surface area contributed by atoms with Gasteiger partial charge in [-0.2, -0.15) is 0 Å². The predicted octanol–water partition coefficient (Wildman–Crippen LogP) is 1.14. The molecular weight excluding hydrogens is 302 g/mol. The van der Waals surface area contributed by atoms with Gasteiger partial charge in [-0.15, -0.1) is 0 Å². The highest BCUT2D eigenvalue weighted by atomic mass is 35.5. The number of benzene rings is 1. The molecule has 0 aliphatic carbocycles. The molecule has 1 heterocycles. The second-order valence-electron chi connectivity index (χ2n) is 4.71. The fourth-order valence-corrected chi connectivity index (χ4v) is 3.49. The van der Waals surface area contributed by atoms with Crippen LogP contribution in [0.3, 0.4) is 0 Å². The summed E-state index contributed by atoms with van der Waals surface area (Å²) in [5.41, 5.74) is 0.429. The van der Waals surface area contributed by atoms with Crippen LogP contribution < -0.4 is 4.31 Å². The molecule has 0 atom stereocenters. The molecule has 7 heteroatoms. The van der Waals surface area contributed by atoms with Crippen molar-refractivity contribution in [2.45, 2.75) is 18.6 Å². The van der Waals surface area contributed by atoms with Gasteiger partial charge >= 0.3 is 0 Å². The van der Waals surface area contributed by atoms with Crippen LogP contribution in [0.5, 0.6) is 0 Å². The van der Waals surface area contributed by atoms with E-state index < -0.39 is 20.7 Å². The molecule has 0 spiro atoms. The molecule has 1 N–H and O–H groups in total. The first-order valence-electron chi connectivity index (χ1n) is 5.72. The van der Waals surface area contributed by atoms with Crippen molar-refractivity contribution >= 4 is 33.2 Å². The van der Waals surface area contributed by atoms with Gasteiger partial charge in [-0.3, -0.25) is 4.79 Å². The molecule has 1 aromatic rings. The number of aliphatic hydroxyl groups excluding tert-OH is 1. The highest BCUT2D eigenvalue weighted by Crippen LogP contribution is 2.40. The Morgan fingerprint density at radius 3 is 2.60 bits per heavy atom.